The zero-order valence-electron chi connectivity index (χ0n) is 10.5. The maximum Gasteiger partial charge on any atom is 0.181 e. The molecule has 0 amide bonds. The van der Waals surface area contributed by atoms with Gasteiger partial charge in [-0.05, 0) is 75.0 Å². The molecule has 0 saturated carbocycles. The predicted molar refractivity (Wildman–Crippen MR) is 96.4 cm³/mol. The van der Waals surface area contributed by atoms with Gasteiger partial charge in [0.2, 0.25) is 0 Å². The molecule has 0 radical (unpaired) electrons. The Hall–Kier alpha value is -0.960. The van der Waals surface area contributed by atoms with Crippen LogP contribution in [-0.2, 0) is 6.54 Å². The Bertz CT molecular complexity index is 703. The fourth-order valence-electron chi connectivity index (χ4n) is 1.88. The summed E-state index contributed by atoms with van der Waals surface area (Å²) in [5.74, 6) is 0.770. The smallest absolute Gasteiger partial charge is 0.181 e. The molecule has 0 spiro atoms. The largest absolute Gasteiger partial charge is 0.248 e. The SMILES string of the molecule is Ic1ccc(Cn2cnc(-c3ccc(I)cc3)n2)cc1. The van der Waals surface area contributed by atoms with E-state index >= 15 is 0 Å². The zero-order valence-corrected chi connectivity index (χ0v) is 14.8. The second-order valence-electron chi connectivity index (χ2n) is 4.40. The topological polar surface area (TPSA) is 30.7 Å². The van der Waals surface area contributed by atoms with Crippen molar-refractivity contribution in [2.45, 2.75) is 6.54 Å². The molecule has 1 heterocycles. The first-order valence-corrected chi connectivity index (χ1v) is 8.26. The van der Waals surface area contributed by atoms with Crippen molar-refractivity contribution < 1.29 is 0 Å². The van der Waals surface area contributed by atoms with E-state index in [1.54, 1.807) is 6.33 Å². The number of benzene rings is 2. The van der Waals surface area contributed by atoms with Crippen molar-refractivity contribution in [3.63, 3.8) is 0 Å². The Balaban J connectivity index is 1.80. The number of aromatic nitrogens is 3. The van der Waals surface area contributed by atoms with Crippen molar-refractivity contribution in [2.24, 2.45) is 0 Å². The van der Waals surface area contributed by atoms with Gasteiger partial charge in [-0.1, -0.05) is 24.3 Å². The molecule has 0 aliphatic heterocycles. The first-order chi connectivity index (χ1) is 9.70. The van der Waals surface area contributed by atoms with Gasteiger partial charge in [-0.15, -0.1) is 0 Å². The molecule has 3 nitrogen and oxygen atoms in total. The van der Waals surface area contributed by atoms with Gasteiger partial charge >= 0.3 is 0 Å². The van der Waals surface area contributed by atoms with Crippen molar-refractivity contribution in [3.05, 3.63) is 67.6 Å². The molecule has 1 aromatic heterocycles. The Kier molecular flexibility index (Phi) is 4.35. The van der Waals surface area contributed by atoms with Crippen LogP contribution in [0.4, 0.5) is 0 Å². The van der Waals surface area contributed by atoms with E-state index in [-0.39, 0.29) is 0 Å². The van der Waals surface area contributed by atoms with Crippen molar-refractivity contribution in [3.8, 4) is 11.4 Å². The molecule has 5 heteroatoms. The van der Waals surface area contributed by atoms with Crippen molar-refractivity contribution in [1.82, 2.24) is 14.8 Å². The molecule has 0 fully saturated rings. The van der Waals surface area contributed by atoms with E-state index < -0.39 is 0 Å². The average Bonchev–Trinajstić information content (AvgIpc) is 2.91. The summed E-state index contributed by atoms with van der Waals surface area (Å²) in [6, 6.07) is 16.7. The lowest BCUT2D eigenvalue weighted by Gasteiger charge is -2.01. The van der Waals surface area contributed by atoms with Crippen LogP contribution in [0.5, 0.6) is 0 Å². The van der Waals surface area contributed by atoms with Crippen LogP contribution in [0.3, 0.4) is 0 Å². The molecule has 0 atom stereocenters. The maximum atomic E-state index is 4.53. The van der Waals surface area contributed by atoms with Crippen LogP contribution >= 0.6 is 45.2 Å². The first-order valence-electron chi connectivity index (χ1n) is 6.10. The molecule has 0 aliphatic carbocycles. The summed E-state index contributed by atoms with van der Waals surface area (Å²) in [4.78, 5) is 4.38. The lowest BCUT2D eigenvalue weighted by molar-refractivity contribution is 0.687. The third kappa shape index (κ3) is 3.38. The Morgan fingerprint density at radius 1 is 0.850 bits per heavy atom. The molecule has 20 heavy (non-hydrogen) atoms. The van der Waals surface area contributed by atoms with Crippen LogP contribution < -0.4 is 0 Å². The molecule has 0 aliphatic rings. The highest BCUT2D eigenvalue weighted by Gasteiger charge is 2.04. The van der Waals surface area contributed by atoms with Crippen LogP contribution in [0.25, 0.3) is 11.4 Å². The van der Waals surface area contributed by atoms with E-state index in [1.165, 1.54) is 12.7 Å². The summed E-state index contributed by atoms with van der Waals surface area (Å²) in [7, 11) is 0. The minimum Gasteiger partial charge on any atom is -0.248 e. The average molecular weight is 487 g/mol. The fourth-order valence-corrected chi connectivity index (χ4v) is 2.60. The minimum absolute atomic E-state index is 0.744. The zero-order chi connectivity index (χ0) is 13.9. The first kappa shape index (κ1) is 14.0. The van der Waals surface area contributed by atoms with Gasteiger partial charge in [-0.3, -0.25) is 0 Å². The molecule has 0 N–H and O–H groups in total. The fraction of sp³-hybridized carbons (Fsp3) is 0.0667. The molecule has 0 unspecified atom stereocenters. The standard InChI is InChI=1S/C15H11I2N3/c16-13-5-1-11(2-6-13)9-20-10-18-15(19-20)12-3-7-14(17)8-4-12/h1-8,10H,9H2. The molecule has 100 valence electrons. The molecule has 2 aromatic carbocycles. The van der Waals surface area contributed by atoms with Gasteiger partial charge in [-0.2, -0.15) is 5.10 Å². The summed E-state index contributed by atoms with van der Waals surface area (Å²) in [6.45, 7) is 0.744. The van der Waals surface area contributed by atoms with E-state index in [4.69, 9.17) is 0 Å². The number of hydrogen-bond donors (Lipinski definition) is 0. The third-order valence-corrected chi connectivity index (χ3v) is 4.34. The van der Waals surface area contributed by atoms with Gasteiger partial charge in [0.25, 0.3) is 0 Å². The summed E-state index contributed by atoms with van der Waals surface area (Å²) >= 11 is 4.60. The molecular formula is C15H11I2N3. The molecule has 0 bridgehead atoms. The van der Waals surface area contributed by atoms with Crippen LogP contribution in [0.1, 0.15) is 5.56 Å². The highest BCUT2D eigenvalue weighted by molar-refractivity contribution is 14.1. The van der Waals surface area contributed by atoms with Gasteiger partial charge in [0.1, 0.15) is 6.33 Å². The Labute approximate surface area is 144 Å². The molecule has 3 aromatic rings. The summed E-state index contributed by atoms with van der Waals surface area (Å²) in [6.07, 6.45) is 1.78. The number of halogens is 2. The van der Waals surface area contributed by atoms with E-state index in [0.717, 1.165) is 17.9 Å². The van der Waals surface area contributed by atoms with Gasteiger partial charge in [0.15, 0.2) is 5.82 Å². The van der Waals surface area contributed by atoms with E-state index in [2.05, 4.69) is 91.7 Å². The van der Waals surface area contributed by atoms with Crippen LogP contribution in [0.2, 0.25) is 0 Å². The summed E-state index contributed by atoms with van der Waals surface area (Å²) < 4.78 is 4.32. The quantitative estimate of drug-likeness (QED) is 0.519. The van der Waals surface area contributed by atoms with E-state index in [0.29, 0.717) is 0 Å². The molecule has 0 saturated heterocycles. The van der Waals surface area contributed by atoms with Crippen molar-refractivity contribution in [2.75, 3.05) is 0 Å². The lowest BCUT2D eigenvalue weighted by Crippen LogP contribution is -2.00. The van der Waals surface area contributed by atoms with Crippen LogP contribution in [-0.4, -0.2) is 14.8 Å². The van der Waals surface area contributed by atoms with Crippen LogP contribution in [0, 0.1) is 7.14 Å². The summed E-state index contributed by atoms with van der Waals surface area (Å²) in [5, 5.41) is 4.53. The normalized spacial score (nSPS) is 10.7. The number of hydrogen-bond acceptors (Lipinski definition) is 2. The Morgan fingerprint density at radius 3 is 2.10 bits per heavy atom. The third-order valence-electron chi connectivity index (χ3n) is 2.90. The monoisotopic (exact) mass is 487 g/mol. The second kappa shape index (κ2) is 6.21. The second-order valence-corrected chi connectivity index (χ2v) is 6.89. The van der Waals surface area contributed by atoms with Crippen molar-refractivity contribution >= 4 is 45.2 Å². The van der Waals surface area contributed by atoms with Gasteiger partial charge in [0, 0.05) is 12.7 Å². The number of nitrogens with zero attached hydrogens (tertiary/aromatic N) is 3. The van der Waals surface area contributed by atoms with E-state index in [1.807, 2.05) is 16.8 Å². The molecule has 3 rings (SSSR count). The lowest BCUT2D eigenvalue weighted by atomic mass is 10.2. The van der Waals surface area contributed by atoms with Gasteiger partial charge in [-0.25, -0.2) is 9.67 Å². The highest BCUT2D eigenvalue weighted by Crippen LogP contribution is 2.16. The molecular weight excluding hydrogens is 476 g/mol. The van der Waals surface area contributed by atoms with Gasteiger partial charge in [0.05, 0.1) is 6.54 Å². The maximum absolute atomic E-state index is 4.53. The van der Waals surface area contributed by atoms with E-state index in [9.17, 15) is 0 Å². The van der Waals surface area contributed by atoms with Crippen LogP contribution in [0.15, 0.2) is 54.9 Å². The predicted octanol–water partition coefficient (Wildman–Crippen LogP) is 4.20. The number of rotatable bonds is 3. The minimum atomic E-state index is 0.744. The highest BCUT2D eigenvalue weighted by atomic mass is 127. The summed E-state index contributed by atoms with van der Waals surface area (Å²) in [5.41, 5.74) is 2.27. The Morgan fingerprint density at radius 2 is 1.45 bits per heavy atom. The van der Waals surface area contributed by atoms with Crippen molar-refractivity contribution in [1.29, 1.82) is 0 Å². The van der Waals surface area contributed by atoms with Gasteiger partial charge < -0.3 is 0 Å².